The molecule has 1 aliphatic rings. The lowest BCUT2D eigenvalue weighted by atomic mass is 9.76. The van der Waals surface area contributed by atoms with E-state index in [2.05, 4.69) is 23.9 Å². The molecule has 2 rings (SSSR count). The summed E-state index contributed by atoms with van der Waals surface area (Å²) in [5.74, 6) is 0.598. The van der Waals surface area contributed by atoms with Gasteiger partial charge in [0.2, 0.25) is 0 Å². The molecule has 2 heterocycles. The van der Waals surface area contributed by atoms with Crippen LogP contribution in [0.1, 0.15) is 46.4 Å². The summed E-state index contributed by atoms with van der Waals surface area (Å²) in [7, 11) is 0. The highest BCUT2D eigenvalue weighted by molar-refractivity contribution is 5.74. The molecule has 0 aliphatic carbocycles. The molecule has 21 heavy (non-hydrogen) atoms. The first-order chi connectivity index (χ1) is 9.81. The minimum atomic E-state index is -0.741. The molecule has 1 aromatic rings. The highest BCUT2D eigenvalue weighted by Gasteiger charge is 2.42. The third-order valence-electron chi connectivity index (χ3n) is 4.18. The van der Waals surface area contributed by atoms with Crippen molar-refractivity contribution in [1.82, 2.24) is 19.7 Å². The third kappa shape index (κ3) is 3.61. The van der Waals surface area contributed by atoms with Gasteiger partial charge in [-0.3, -0.25) is 9.69 Å². The van der Waals surface area contributed by atoms with Crippen LogP contribution in [-0.2, 0) is 17.9 Å². The molecule has 0 saturated carbocycles. The predicted molar refractivity (Wildman–Crippen MR) is 79.7 cm³/mol. The number of hydrogen-bond donors (Lipinski definition) is 1. The molecule has 1 saturated heterocycles. The number of hydrogen-bond acceptors (Lipinski definition) is 4. The summed E-state index contributed by atoms with van der Waals surface area (Å²) in [4.78, 5) is 18.0. The molecular weight excluding hydrogens is 268 g/mol. The van der Waals surface area contributed by atoms with Gasteiger partial charge in [-0.2, -0.15) is 5.10 Å². The number of carboxylic acids is 1. The lowest BCUT2D eigenvalue weighted by Crippen LogP contribution is -2.53. The molecule has 6 heteroatoms. The smallest absolute Gasteiger partial charge is 0.321 e. The fraction of sp³-hybridized carbons (Fsp3) is 0.800. The van der Waals surface area contributed by atoms with Gasteiger partial charge in [0.15, 0.2) is 0 Å². The molecule has 0 amide bonds. The van der Waals surface area contributed by atoms with Gasteiger partial charge in [-0.05, 0) is 30.7 Å². The Morgan fingerprint density at radius 2 is 2.24 bits per heavy atom. The maximum absolute atomic E-state index is 11.7. The van der Waals surface area contributed by atoms with Crippen LogP contribution in [0.25, 0.3) is 0 Å². The molecule has 118 valence electrons. The van der Waals surface area contributed by atoms with Crippen LogP contribution in [0.5, 0.6) is 0 Å². The first kappa shape index (κ1) is 15.9. The van der Waals surface area contributed by atoms with Crippen LogP contribution in [0.3, 0.4) is 0 Å². The Bertz CT molecular complexity index is 496. The lowest BCUT2D eigenvalue weighted by Gasteiger charge is -2.43. The minimum Gasteiger partial charge on any atom is -0.480 e. The Balaban J connectivity index is 2.17. The van der Waals surface area contributed by atoms with Crippen LogP contribution in [0, 0.1) is 11.3 Å². The van der Waals surface area contributed by atoms with Crippen LogP contribution in [0.4, 0.5) is 0 Å². The van der Waals surface area contributed by atoms with E-state index in [0.717, 1.165) is 31.8 Å². The summed E-state index contributed by atoms with van der Waals surface area (Å²) < 4.78 is 1.89. The van der Waals surface area contributed by atoms with Crippen LogP contribution in [0.2, 0.25) is 0 Å². The summed E-state index contributed by atoms with van der Waals surface area (Å²) in [6.45, 7) is 10.5. The van der Waals surface area contributed by atoms with Crippen molar-refractivity contribution in [3.63, 3.8) is 0 Å². The molecule has 1 fully saturated rings. The zero-order valence-electron chi connectivity index (χ0n) is 13.4. The van der Waals surface area contributed by atoms with Crippen molar-refractivity contribution >= 4 is 5.97 Å². The number of carboxylic acid groups (broad SMARTS) is 1. The third-order valence-corrected chi connectivity index (χ3v) is 4.18. The van der Waals surface area contributed by atoms with Gasteiger partial charge in [0.1, 0.15) is 18.2 Å². The quantitative estimate of drug-likeness (QED) is 0.899. The van der Waals surface area contributed by atoms with Gasteiger partial charge in [-0.1, -0.05) is 27.7 Å². The molecule has 0 bridgehead atoms. The summed E-state index contributed by atoms with van der Waals surface area (Å²) in [5.41, 5.74) is -0.215. The van der Waals surface area contributed by atoms with Gasteiger partial charge >= 0.3 is 5.97 Å². The molecule has 1 aromatic heterocycles. The van der Waals surface area contributed by atoms with E-state index < -0.39 is 12.0 Å². The second kappa shape index (κ2) is 6.13. The van der Waals surface area contributed by atoms with Crippen molar-refractivity contribution in [3.05, 3.63) is 12.2 Å². The second-order valence-corrected chi connectivity index (χ2v) is 7.06. The van der Waals surface area contributed by atoms with E-state index in [1.54, 1.807) is 6.33 Å². The fourth-order valence-corrected chi connectivity index (χ4v) is 3.25. The number of piperidine rings is 1. The summed E-state index contributed by atoms with van der Waals surface area (Å²) in [6, 6.07) is -0.463. The average molecular weight is 294 g/mol. The standard InChI is InChI=1S/C15H26N4O2/c1-11(2)8-19-12(16-10-17-19)9-18-7-5-6-15(3,4)13(18)14(20)21/h10-11,13H,5-9H2,1-4H3,(H,20,21). The second-order valence-electron chi connectivity index (χ2n) is 7.06. The van der Waals surface area contributed by atoms with Crippen LogP contribution < -0.4 is 0 Å². The molecule has 0 aromatic carbocycles. The summed E-state index contributed by atoms with van der Waals surface area (Å²) >= 11 is 0. The van der Waals surface area contributed by atoms with Gasteiger partial charge in [0, 0.05) is 6.54 Å². The molecule has 1 atom stereocenters. The number of aromatic nitrogens is 3. The van der Waals surface area contributed by atoms with Gasteiger partial charge < -0.3 is 5.11 Å². The first-order valence-electron chi connectivity index (χ1n) is 7.65. The summed E-state index contributed by atoms with van der Waals surface area (Å²) in [6.07, 6.45) is 3.52. The van der Waals surface area contributed by atoms with Crippen molar-refractivity contribution in [1.29, 1.82) is 0 Å². The Labute approximate surface area is 126 Å². The normalized spacial score (nSPS) is 22.6. The van der Waals surface area contributed by atoms with Crippen LogP contribution >= 0.6 is 0 Å². The van der Waals surface area contributed by atoms with Gasteiger partial charge in [0.25, 0.3) is 0 Å². The van der Waals surface area contributed by atoms with E-state index in [1.165, 1.54) is 0 Å². The maximum atomic E-state index is 11.7. The van der Waals surface area contributed by atoms with Crippen LogP contribution in [0.15, 0.2) is 6.33 Å². The lowest BCUT2D eigenvalue weighted by molar-refractivity contribution is -0.151. The largest absolute Gasteiger partial charge is 0.480 e. The van der Waals surface area contributed by atoms with E-state index in [1.807, 2.05) is 23.4 Å². The van der Waals surface area contributed by atoms with Crippen molar-refractivity contribution < 1.29 is 9.90 Å². The molecule has 1 unspecified atom stereocenters. The Morgan fingerprint density at radius 3 is 2.86 bits per heavy atom. The molecule has 0 spiro atoms. The maximum Gasteiger partial charge on any atom is 0.321 e. The molecular formula is C15H26N4O2. The van der Waals surface area contributed by atoms with Crippen molar-refractivity contribution in [2.24, 2.45) is 11.3 Å². The highest BCUT2D eigenvalue weighted by atomic mass is 16.4. The van der Waals surface area contributed by atoms with E-state index >= 15 is 0 Å². The predicted octanol–water partition coefficient (Wildman–Crippen LogP) is 2.01. The number of nitrogens with zero attached hydrogens (tertiary/aromatic N) is 4. The van der Waals surface area contributed by atoms with E-state index in [-0.39, 0.29) is 5.41 Å². The minimum absolute atomic E-state index is 0.215. The molecule has 1 aliphatic heterocycles. The van der Waals surface area contributed by atoms with E-state index in [0.29, 0.717) is 12.5 Å². The topological polar surface area (TPSA) is 71.2 Å². The zero-order valence-corrected chi connectivity index (χ0v) is 13.4. The first-order valence-corrected chi connectivity index (χ1v) is 7.65. The summed E-state index contributed by atoms with van der Waals surface area (Å²) in [5, 5.41) is 13.9. The highest BCUT2D eigenvalue weighted by Crippen LogP contribution is 2.35. The monoisotopic (exact) mass is 294 g/mol. The number of carbonyl (C=O) groups is 1. The van der Waals surface area contributed by atoms with Gasteiger partial charge in [0.05, 0.1) is 6.54 Å². The Morgan fingerprint density at radius 1 is 1.52 bits per heavy atom. The molecule has 1 N–H and O–H groups in total. The van der Waals surface area contributed by atoms with E-state index in [9.17, 15) is 9.90 Å². The van der Waals surface area contributed by atoms with Crippen molar-refractivity contribution in [3.8, 4) is 0 Å². The molecule has 6 nitrogen and oxygen atoms in total. The van der Waals surface area contributed by atoms with Crippen molar-refractivity contribution in [2.45, 2.75) is 59.7 Å². The van der Waals surface area contributed by atoms with Crippen molar-refractivity contribution in [2.75, 3.05) is 6.54 Å². The Kier molecular flexibility index (Phi) is 4.66. The Hall–Kier alpha value is -1.43. The van der Waals surface area contributed by atoms with Gasteiger partial charge in [-0.25, -0.2) is 9.67 Å². The molecule has 0 radical (unpaired) electrons. The van der Waals surface area contributed by atoms with Crippen LogP contribution in [-0.4, -0.2) is 43.3 Å². The van der Waals surface area contributed by atoms with E-state index in [4.69, 9.17) is 0 Å². The number of likely N-dealkylation sites (tertiary alicyclic amines) is 1. The number of aliphatic carboxylic acids is 1. The zero-order chi connectivity index (χ0) is 15.6. The SMILES string of the molecule is CC(C)Cn1ncnc1CN1CCCC(C)(C)C1C(=O)O. The fourth-order valence-electron chi connectivity index (χ4n) is 3.25. The average Bonchev–Trinajstić information content (AvgIpc) is 2.74. The van der Waals surface area contributed by atoms with Gasteiger partial charge in [-0.15, -0.1) is 0 Å². The number of rotatable bonds is 5.